The molecule has 0 radical (unpaired) electrons. The average molecular weight is 476 g/mol. The fourth-order valence-electron chi connectivity index (χ4n) is 5.36. The number of carbonyl (C=O) groups excluding carboxylic acids is 1. The number of para-hydroxylation sites is 4. The summed E-state index contributed by atoms with van der Waals surface area (Å²) in [6, 6.07) is 16.2. The molecule has 0 unspecified atom stereocenters. The van der Waals surface area contributed by atoms with Crippen molar-refractivity contribution >= 4 is 22.6 Å². The van der Waals surface area contributed by atoms with E-state index in [0.717, 1.165) is 35.7 Å². The van der Waals surface area contributed by atoms with Crippen LogP contribution in [-0.2, 0) is 11.3 Å². The summed E-state index contributed by atoms with van der Waals surface area (Å²) in [5.74, 6) is 2.01. The number of hydrogen-bond donors (Lipinski definition) is 0. The topological polar surface area (TPSA) is 47.4 Å². The zero-order chi connectivity index (χ0) is 24.5. The Labute approximate surface area is 210 Å². The van der Waals surface area contributed by atoms with E-state index >= 15 is 0 Å². The second kappa shape index (κ2) is 12.8. The SMILES string of the molecule is CCCCCCCCCCCCn1c([C@@H]2CC(=O)N(c3ccccc3OC)C2)nc2ccccc21. The lowest BCUT2D eigenvalue weighted by Gasteiger charge is -2.19. The summed E-state index contributed by atoms with van der Waals surface area (Å²) in [4.78, 5) is 19.9. The third kappa shape index (κ3) is 6.25. The van der Waals surface area contributed by atoms with Gasteiger partial charge in [-0.25, -0.2) is 4.98 Å². The van der Waals surface area contributed by atoms with Crippen molar-refractivity contribution in [2.75, 3.05) is 18.6 Å². The summed E-state index contributed by atoms with van der Waals surface area (Å²) in [6.45, 7) is 3.88. The van der Waals surface area contributed by atoms with Crippen LogP contribution in [0.2, 0.25) is 0 Å². The Balaban J connectivity index is 1.39. The highest BCUT2D eigenvalue weighted by molar-refractivity contribution is 5.97. The van der Waals surface area contributed by atoms with Crippen molar-refractivity contribution in [1.82, 2.24) is 9.55 Å². The number of methoxy groups -OCH3 is 1. The minimum absolute atomic E-state index is 0.0860. The number of imidazole rings is 1. The molecule has 4 rings (SSSR count). The molecule has 1 atom stereocenters. The van der Waals surface area contributed by atoms with Crippen LogP contribution in [0.25, 0.3) is 11.0 Å². The van der Waals surface area contributed by atoms with Crippen LogP contribution < -0.4 is 9.64 Å². The summed E-state index contributed by atoms with van der Waals surface area (Å²) in [5, 5.41) is 0. The largest absolute Gasteiger partial charge is 0.495 e. The molecule has 1 fully saturated rings. The van der Waals surface area contributed by atoms with Crippen LogP contribution in [0, 0.1) is 0 Å². The summed E-state index contributed by atoms with van der Waals surface area (Å²) in [5.41, 5.74) is 3.05. The number of rotatable bonds is 14. The molecular weight excluding hydrogens is 434 g/mol. The number of nitrogens with zero attached hydrogens (tertiary/aromatic N) is 3. The van der Waals surface area contributed by atoms with Gasteiger partial charge in [0.25, 0.3) is 0 Å². The Hall–Kier alpha value is -2.82. The van der Waals surface area contributed by atoms with Crippen LogP contribution in [0.1, 0.15) is 89.3 Å². The molecule has 3 aromatic rings. The Morgan fingerprint density at radius 2 is 1.54 bits per heavy atom. The molecule has 2 heterocycles. The monoisotopic (exact) mass is 475 g/mol. The van der Waals surface area contributed by atoms with Crippen LogP contribution in [0.4, 0.5) is 5.69 Å². The van der Waals surface area contributed by atoms with Gasteiger partial charge in [-0.05, 0) is 30.7 Å². The maximum Gasteiger partial charge on any atom is 0.227 e. The number of benzene rings is 2. The number of unbranched alkanes of at least 4 members (excludes halogenated alkanes) is 9. The summed E-state index contributed by atoms with van der Waals surface area (Å²) in [7, 11) is 1.66. The van der Waals surface area contributed by atoms with Gasteiger partial charge in [0.05, 0.1) is 23.8 Å². The second-order valence-corrected chi connectivity index (χ2v) is 9.87. The lowest BCUT2D eigenvalue weighted by atomic mass is 10.1. The van der Waals surface area contributed by atoms with E-state index in [4.69, 9.17) is 9.72 Å². The van der Waals surface area contributed by atoms with Crippen molar-refractivity contribution in [2.45, 2.75) is 90.0 Å². The number of carbonyl (C=O) groups is 1. The van der Waals surface area contributed by atoms with Gasteiger partial charge in [0, 0.05) is 25.4 Å². The van der Waals surface area contributed by atoms with Gasteiger partial charge in [0.2, 0.25) is 5.91 Å². The minimum atomic E-state index is 0.0860. The molecule has 0 bridgehead atoms. The minimum Gasteiger partial charge on any atom is -0.495 e. The third-order valence-corrected chi connectivity index (χ3v) is 7.29. The molecule has 1 aromatic heterocycles. The number of anilines is 1. The number of amides is 1. The van der Waals surface area contributed by atoms with E-state index < -0.39 is 0 Å². The highest BCUT2D eigenvalue weighted by Gasteiger charge is 2.35. The Bertz CT molecular complexity index is 1090. The van der Waals surface area contributed by atoms with E-state index in [0.29, 0.717) is 13.0 Å². The standard InChI is InChI=1S/C30H41N3O2/c1-3-4-5-6-7-8-9-10-11-16-21-32-26-18-13-12-17-25(26)31-30(32)24-22-29(34)33(23-24)27-19-14-15-20-28(27)35-2/h12-15,17-20,24H,3-11,16,21-23H2,1-2H3/t24-/m1/s1. The van der Waals surface area contributed by atoms with Crippen molar-refractivity contribution in [2.24, 2.45) is 0 Å². The average Bonchev–Trinajstić information content (AvgIpc) is 3.45. The summed E-state index contributed by atoms with van der Waals surface area (Å²) >= 11 is 0. The Morgan fingerprint density at radius 1 is 0.886 bits per heavy atom. The molecule has 2 aromatic carbocycles. The maximum atomic E-state index is 13.0. The van der Waals surface area contributed by atoms with Gasteiger partial charge >= 0.3 is 0 Å². The van der Waals surface area contributed by atoms with Crippen molar-refractivity contribution in [3.8, 4) is 5.75 Å². The predicted octanol–water partition coefficient (Wildman–Crippen LogP) is 7.49. The number of aryl methyl sites for hydroxylation is 1. The molecule has 1 aliphatic heterocycles. The van der Waals surface area contributed by atoms with E-state index in [1.165, 1.54) is 63.3 Å². The quantitative estimate of drug-likeness (QED) is 0.227. The Kier molecular flexibility index (Phi) is 9.21. The van der Waals surface area contributed by atoms with Gasteiger partial charge < -0.3 is 14.2 Å². The highest BCUT2D eigenvalue weighted by Crippen LogP contribution is 2.37. The number of ether oxygens (including phenoxy) is 1. The lowest BCUT2D eigenvalue weighted by Crippen LogP contribution is -2.25. The predicted molar refractivity (Wildman–Crippen MR) is 144 cm³/mol. The second-order valence-electron chi connectivity index (χ2n) is 9.87. The van der Waals surface area contributed by atoms with Gasteiger partial charge in [0.15, 0.2) is 0 Å². The molecule has 0 aliphatic carbocycles. The van der Waals surface area contributed by atoms with Gasteiger partial charge in [-0.2, -0.15) is 0 Å². The van der Waals surface area contributed by atoms with Crippen LogP contribution in [-0.4, -0.2) is 29.1 Å². The van der Waals surface area contributed by atoms with Gasteiger partial charge in [-0.15, -0.1) is 0 Å². The molecule has 1 amide bonds. The fourth-order valence-corrected chi connectivity index (χ4v) is 5.36. The molecule has 1 aliphatic rings. The van der Waals surface area contributed by atoms with E-state index in [1.54, 1.807) is 7.11 Å². The van der Waals surface area contributed by atoms with Crippen LogP contribution in [0.15, 0.2) is 48.5 Å². The number of fused-ring (bicyclic) bond motifs is 1. The van der Waals surface area contributed by atoms with Crippen LogP contribution in [0.5, 0.6) is 5.75 Å². The molecular formula is C30H41N3O2. The smallest absolute Gasteiger partial charge is 0.227 e. The first-order chi connectivity index (χ1) is 17.2. The first-order valence-corrected chi connectivity index (χ1v) is 13.6. The molecule has 5 heteroatoms. The van der Waals surface area contributed by atoms with Crippen molar-refractivity contribution in [3.63, 3.8) is 0 Å². The molecule has 0 saturated carbocycles. The zero-order valence-electron chi connectivity index (χ0n) is 21.5. The van der Waals surface area contributed by atoms with Crippen LogP contribution in [0.3, 0.4) is 0 Å². The van der Waals surface area contributed by atoms with Gasteiger partial charge in [-0.3, -0.25) is 4.79 Å². The van der Waals surface area contributed by atoms with Crippen LogP contribution >= 0.6 is 0 Å². The molecule has 35 heavy (non-hydrogen) atoms. The first kappa shape index (κ1) is 25.3. The van der Waals surface area contributed by atoms with E-state index in [-0.39, 0.29) is 11.8 Å². The highest BCUT2D eigenvalue weighted by atomic mass is 16.5. The van der Waals surface area contributed by atoms with Gasteiger partial charge in [-0.1, -0.05) is 89.0 Å². The van der Waals surface area contributed by atoms with Crippen molar-refractivity contribution in [1.29, 1.82) is 0 Å². The summed E-state index contributed by atoms with van der Waals surface area (Å²) < 4.78 is 7.90. The third-order valence-electron chi connectivity index (χ3n) is 7.29. The molecule has 0 N–H and O–H groups in total. The lowest BCUT2D eigenvalue weighted by molar-refractivity contribution is -0.117. The normalized spacial score (nSPS) is 15.9. The Morgan fingerprint density at radius 3 is 2.29 bits per heavy atom. The van der Waals surface area contributed by atoms with E-state index in [9.17, 15) is 4.79 Å². The molecule has 1 saturated heterocycles. The number of aromatic nitrogens is 2. The van der Waals surface area contributed by atoms with E-state index in [1.807, 2.05) is 35.2 Å². The zero-order valence-corrected chi connectivity index (χ0v) is 21.5. The molecule has 0 spiro atoms. The fraction of sp³-hybridized carbons (Fsp3) is 0.533. The molecule has 5 nitrogen and oxygen atoms in total. The van der Waals surface area contributed by atoms with Crippen molar-refractivity contribution < 1.29 is 9.53 Å². The summed E-state index contributed by atoms with van der Waals surface area (Å²) in [6.07, 6.45) is 13.8. The van der Waals surface area contributed by atoms with Crippen molar-refractivity contribution in [3.05, 3.63) is 54.4 Å². The van der Waals surface area contributed by atoms with E-state index in [2.05, 4.69) is 29.7 Å². The first-order valence-electron chi connectivity index (χ1n) is 13.6. The number of hydrogen-bond acceptors (Lipinski definition) is 3. The maximum absolute atomic E-state index is 13.0. The molecule has 188 valence electrons. The van der Waals surface area contributed by atoms with Gasteiger partial charge in [0.1, 0.15) is 11.6 Å².